The molecule has 0 radical (unpaired) electrons. The monoisotopic (exact) mass is 365 g/mol. The molecule has 0 aliphatic carbocycles. The molecule has 3 rings (SSSR count). The van der Waals surface area contributed by atoms with Crippen molar-refractivity contribution in [1.29, 1.82) is 0 Å². The zero-order valence-corrected chi connectivity index (χ0v) is 14.8. The van der Waals surface area contributed by atoms with E-state index in [1.807, 2.05) is 30.3 Å². The summed E-state index contributed by atoms with van der Waals surface area (Å²) >= 11 is 0. The molecule has 1 heterocycles. The smallest absolute Gasteiger partial charge is 0.307 e. The van der Waals surface area contributed by atoms with Crippen LogP contribution in [0.4, 0.5) is 0 Å². The number of hydrogen-bond donors (Lipinski definition) is 1. The third-order valence-corrected chi connectivity index (χ3v) is 4.19. The average molecular weight is 365 g/mol. The van der Waals surface area contributed by atoms with Crippen LogP contribution in [0.3, 0.4) is 0 Å². The van der Waals surface area contributed by atoms with Crippen LogP contribution in [0.2, 0.25) is 0 Å². The molecule has 0 saturated heterocycles. The molecule has 1 atom stereocenters. The van der Waals surface area contributed by atoms with Gasteiger partial charge in [-0.3, -0.25) is 19.1 Å². The van der Waals surface area contributed by atoms with Gasteiger partial charge in [0, 0.05) is 5.39 Å². The summed E-state index contributed by atoms with van der Waals surface area (Å²) in [6.07, 6.45) is 1.21. The molecule has 1 aromatic heterocycles. The van der Waals surface area contributed by atoms with Crippen molar-refractivity contribution in [2.75, 3.05) is 7.11 Å². The molecule has 1 amide bonds. The molecule has 2 aromatic carbocycles. The average Bonchev–Trinajstić information content (AvgIpc) is 2.70. The van der Waals surface area contributed by atoms with Gasteiger partial charge in [0.2, 0.25) is 11.3 Å². The number of rotatable bonds is 6. The lowest BCUT2D eigenvalue weighted by Gasteiger charge is -2.19. The van der Waals surface area contributed by atoms with Gasteiger partial charge in [0.1, 0.15) is 6.54 Å². The number of para-hydroxylation sites is 1. The van der Waals surface area contributed by atoms with E-state index in [1.165, 1.54) is 18.0 Å². The summed E-state index contributed by atoms with van der Waals surface area (Å²) in [5.74, 6) is -0.745. The first kappa shape index (κ1) is 18.3. The Balaban J connectivity index is 1.82. The van der Waals surface area contributed by atoms with E-state index < -0.39 is 12.0 Å². The summed E-state index contributed by atoms with van der Waals surface area (Å²) in [7, 11) is 1.31. The fraction of sp³-hybridized carbons (Fsp3) is 0.200. The molecule has 138 valence electrons. The van der Waals surface area contributed by atoms with Crippen molar-refractivity contribution < 1.29 is 14.3 Å². The highest BCUT2D eigenvalue weighted by molar-refractivity contribution is 5.82. The minimum atomic E-state index is -0.517. The summed E-state index contributed by atoms with van der Waals surface area (Å²) in [5, 5.41) is 7.40. The second-order valence-corrected chi connectivity index (χ2v) is 5.99. The Morgan fingerprint density at radius 2 is 1.81 bits per heavy atom. The number of nitrogens with zero attached hydrogens (tertiary/aromatic N) is 2. The first-order chi connectivity index (χ1) is 13.1. The van der Waals surface area contributed by atoms with Gasteiger partial charge in [-0.1, -0.05) is 42.5 Å². The summed E-state index contributed by atoms with van der Waals surface area (Å²) in [4.78, 5) is 36.2. The molecule has 0 aliphatic heterocycles. The summed E-state index contributed by atoms with van der Waals surface area (Å²) in [5.41, 5.74) is 1.17. The molecule has 0 fully saturated rings. The van der Waals surface area contributed by atoms with E-state index in [9.17, 15) is 14.4 Å². The van der Waals surface area contributed by atoms with Crippen molar-refractivity contribution in [3.8, 4) is 0 Å². The van der Waals surface area contributed by atoms with Crippen molar-refractivity contribution in [1.82, 2.24) is 15.1 Å². The van der Waals surface area contributed by atoms with Crippen LogP contribution in [0.25, 0.3) is 10.9 Å². The maximum atomic E-state index is 12.6. The first-order valence-electron chi connectivity index (χ1n) is 8.44. The van der Waals surface area contributed by atoms with Crippen molar-refractivity contribution in [2.45, 2.75) is 19.0 Å². The van der Waals surface area contributed by atoms with Crippen LogP contribution in [-0.4, -0.2) is 28.8 Å². The maximum Gasteiger partial charge on any atom is 0.307 e. The molecule has 0 saturated carbocycles. The van der Waals surface area contributed by atoms with E-state index in [0.717, 1.165) is 5.56 Å². The third kappa shape index (κ3) is 4.38. The van der Waals surface area contributed by atoms with Crippen molar-refractivity contribution in [2.24, 2.45) is 0 Å². The minimum absolute atomic E-state index is 0.0184. The van der Waals surface area contributed by atoms with Crippen LogP contribution >= 0.6 is 0 Å². The van der Waals surface area contributed by atoms with E-state index in [2.05, 4.69) is 10.4 Å². The predicted octanol–water partition coefficient (Wildman–Crippen LogP) is 1.82. The zero-order chi connectivity index (χ0) is 19.2. The molecule has 7 heteroatoms. The number of fused-ring (bicyclic) bond motifs is 1. The molecule has 27 heavy (non-hydrogen) atoms. The lowest BCUT2D eigenvalue weighted by molar-refractivity contribution is -0.141. The van der Waals surface area contributed by atoms with Crippen molar-refractivity contribution in [3.05, 3.63) is 76.6 Å². The van der Waals surface area contributed by atoms with E-state index in [-0.39, 0.29) is 24.3 Å². The molecular weight excluding hydrogens is 346 g/mol. The van der Waals surface area contributed by atoms with Crippen molar-refractivity contribution >= 4 is 22.8 Å². The topological polar surface area (TPSA) is 90.3 Å². The minimum Gasteiger partial charge on any atom is -0.469 e. The van der Waals surface area contributed by atoms with Crippen LogP contribution in [-0.2, 0) is 20.9 Å². The number of ether oxygens (including phenoxy) is 1. The number of carbonyl (C=O) groups excluding carboxylic acids is 2. The van der Waals surface area contributed by atoms with Crippen molar-refractivity contribution in [3.63, 3.8) is 0 Å². The highest BCUT2D eigenvalue weighted by Gasteiger charge is 2.19. The molecule has 0 spiro atoms. The zero-order valence-electron chi connectivity index (χ0n) is 14.8. The molecule has 7 nitrogen and oxygen atoms in total. The molecule has 0 bridgehead atoms. The number of benzene rings is 2. The number of aromatic nitrogens is 2. The first-order valence-corrected chi connectivity index (χ1v) is 8.44. The SMILES string of the molecule is COC(=O)C[C@H](NC(=O)Cn1ncc(=O)c2ccccc21)c1ccccc1. The van der Waals surface area contributed by atoms with Gasteiger partial charge in [0.05, 0.1) is 31.3 Å². The van der Waals surface area contributed by atoms with Crippen LogP contribution in [0.15, 0.2) is 65.6 Å². The molecule has 0 unspecified atom stereocenters. The fourth-order valence-corrected chi connectivity index (χ4v) is 2.85. The van der Waals surface area contributed by atoms with Gasteiger partial charge in [-0.25, -0.2) is 0 Å². The Labute approximate surface area is 155 Å². The summed E-state index contributed by atoms with van der Waals surface area (Å²) in [6.45, 7) is -0.0781. The Hall–Kier alpha value is -3.48. The van der Waals surface area contributed by atoms with Gasteiger partial charge in [-0.05, 0) is 17.7 Å². The number of esters is 1. The molecule has 1 N–H and O–H groups in total. The van der Waals surface area contributed by atoms with Crippen LogP contribution in [0.1, 0.15) is 18.0 Å². The van der Waals surface area contributed by atoms with Gasteiger partial charge < -0.3 is 10.1 Å². The highest BCUT2D eigenvalue weighted by Crippen LogP contribution is 2.17. The predicted molar refractivity (Wildman–Crippen MR) is 100.0 cm³/mol. The highest BCUT2D eigenvalue weighted by atomic mass is 16.5. The standard InChI is InChI=1S/C20H19N3O4/c1-27-20(26)11-16(14-7-3-2-4-8-14)22-19(25)13-23-17-10-6-5-9-15(17)18(24)12-21-23/h2-10,12,16H,11,13H2,1H3,(H,22,25)/t16-/m0/s1. The number of methoxy groups -OCH3 is 1. The number of carbonyl (C=O) groups is 2. The summed E-state index contributed by atoms with van der Waals surface area (Å²) < 4.78 is 6.19. The van der Waals surface area contributed by atoms with E-state index in [4.69, 9.17) is 4.74 Å². The quantitative estimate of drug-likeness (QED) is 0.673. The second-order valence-electron chi connectivity index (χ2n) is 5.99. The molecular formula is C20H19N3O4. The van der Waals surface area contributed by atoms with E-state index in [0.29, 0.717) is 10.9 Å². The molecule has 3 aromatic rings. The third-order valence-electron chi connectivity index (χ3n) is 4.19. The lowest BCUT2D eigenvalue weighted by Crippen LogP contribution is -2.34. The van der Waals surface area contributed by atoms with Gasteiger partial charge >= 0.3 is 5.97 Å². The Bertz CT molecular complexity index is 1010. The number of hydrogen-bond acceptors (Lipinski definition) is 5. The van der Waals surface area contributed by atoms with E-state index in [1.54, 1.807) is 24.3 Å². The van der Waals surface area contributed by atoms with Gasteiger partial charge in [0.25, 0.3) is 0 Å². The maximum absolute atomic E-state index is 12.6. The van der Waals surface area contributed by atoms with Crippen LogP contribution in [0.5, 0.6) is 0 Å². The number of nitrogens with one attached hydrogen (secondary N) is 1. The van der Waals surface area contributed by atoms with Crippen LogP contribution < -0.4 is 10.7 Å². The molecule has 0 aliphatic rings. The lowest BCUT2D eigenvalue weighted by atomic mass is 10.0. The van der Waals surface area contributed by atoms with Gasteiger partial charge in [-0.2, -0.15) is 5.10 Å². The number of amides is 1. The Morgan fingerprint density at radius 3 is 2.56 bits per heavy atom. The van der Waals surface area contributed by atoms with Gasteiger partial charge in [0.15, 0.2) is 0 Å². The Morgan fingerprint density at radius 1 is 1.11 bits per heavy atom. The normalized spacial score (nSPS) is 11.7. The fourth-order valence-electron chi connectivity index (χ4n) is 2.85. The Kier molecular flexibility index (Phi) is 5.61. The van der Waals surface area contributed by atoms with Gasteiger partial charge in [-0.15, -0.1) is 0 Å². The summed E-state index contributed by atoms with van der Waals surface area (Å²) in [6, 6.07) is 15.6. The largest absolute Gasteiger partial charge is 0.469 e. The van der Waals surface area contributed by atoms with E-state index >= 15 is 0 Å². The second kappa shape index (κ2) is 8.27. The van der Waals surface area contributed by atoms with Crippen LogP contribution in [0, 0.1) is 0 Å².